The van der Waals surface area contributed by atoms with Crippen molar-refractivity contribution >= 4 is 33.7 Å². The molecule has 1 heterocycles. The molecule has 1 unspecified atom stereocenters. The molecule has 0 aliphatic rings. The lowest BCUT2D eigenvalue weighted by atomic mass is 10.2. The molecular weight excluding hydrogens is 280 g/mol. The highest BCUT2D eigenvalue weighted by Gasteiger charge is 2.12. The van der Waals surface area contributed by atoms with Crippen LogP contribution in [0.5, 0.6) is 0 Å². The third kappa shape index (κ3) is 3.73. The molecule has 2 aromatic rings. The summed E-state index contributed by atoms with van der Waals surface area (Å²) in [5.74, 6) is -0.313. The number of nitrogens with two attached hydrogens (primary N) is 1. The predicted molar refractivity (Wildman–Crippen MR) is 78.6 cm³/mol. The third-order valence-corrected chi connectivity index (χ3v) is 5.11. The first kappa shape index (κ1) is 13.9. The fourth-order valence-corrected chi connectivity index (χ4v) is 3.49. The molecule has 0 saturated heterocycles. The number of rotatable bonds is 5. The molecule has 0 aliphatic heterocycles. The molecule has 4 nitrogen and oxygen atoms in total. The van der Waals surface area contributed by atoms with Crippen LogP contribution in [0.15, 0.2) is 46.0 Å². The SMILES string of the molecule is NCc1ccccc1NC(=O)CS(=O)c1cccs1. The van der Waals surface area contributed by atoms with Crippen molar-refractivity contribution in [2.75, 3.05) is 11.1 Å². The van der Waals surface area contributed by atoms with Crippen molar-refractivity contribution in [3.05, 3.63) is 47.3 Å². The molecule has 0 saturated carbocycles. The summed E-state index contributed by atoms with van der Waals surface area (Å²) in [7, 11) is -1.29. The second kappa shape index (κ2) is 6.60. The third-order valence-electron chi connectivity index (χ3n) is 2.49. The van der Waals surface area contributed by atoms with Gasteiger partial charge in [-0.2, -0.15) is 0 Å². The number of thiophene rings is 1. The maximum absolute atomic E-state index is 11.9. The second-order valence-corrected chi connectivity index (χ2v) is 6.46. The van der Waals surface area contributed by atoms with Crippen LogP contribution in [0.3, 0.4) is 0 Å². The Balaban J connectivity index is 2.00. The van der Waals surface area contributed by atoms with E-state index in [0.29, 0.717) is 16.4 Å². The Labute approximate surface area is 118 Å². The standard InChI is InChI=1S/C13H14N2O2S2/c14-8-10-4-1-2-5-11(10)15-12(16)9-19(17)13-6-3-7-18-13/h1-7H,8-9,14H2,(H,15,16). The van der Waals surface area contributed by atoms with Crippen LogP contribution in [0.4, 0.5) is 5.69 Å². The van der Waals surface area contributed by atoms with E-state index in [1.54, 1.807) is 12.1 Å². The summed E-state index contributed by atoms with van der Waals surface area (Å²) in [6.45, 7) is 0.352. The Kier molecular flexibility index (Phi) is 4.84. The zero-order valence-electron chi connectivity index (χ0n) is 10.2. The number of nitrogens with one attached hydrogen (secondary N) is 1. The van der Waals surface area contributed by atoms with Gasteiger partial charge in [-0.25, -0.2) is 0 Å². The zero-order valence-corrected chi connectivity index (χ0v) is 11.8. The van der Waals surface area contributed by atoms with Gasteiger partial charge in [0, 0.05) is 12.2 Å². The predicted octanol–water partition coefficient (Wildman–Crippen LogP) is 1.95. The molecule has 0 bridgehead atoms. The monoisotopic (exact) mass is 294 g/mol. The fraction of sp³-hybridized carbons (Fsp3) is 0.154. The summed E-state index contributed by atoms with van der Waals surface area (Å²) in [4.78, 5) is 11.8. The normalized spacial score (nSPS) is 12.1. The summed E-state index contributed by atoms with van der Waals surface area (Å²) >= 11 is 1.39. The quantitative estimate of drug-likeness (QED) is 0.885. The highest BCUT2D eigenvalue weighted by molar-refractivity contribution is 7.88. The molecule has 19 heavy (non-hydrogen) atoms. The minimum absolute atomic E-state index is 0.0422. The van der Waals surface area contributed by atoms with E-state index in [-0.39, 0.29) is 11.7 Å². The van der Waals surface area contributed by atoms with Gasteiger partial charge in [-0.15, -0.1) is 11.3 Å². The molecule has 1 aromatic carbocycles. The van der Waals surface area contributed by atoms with Gasteiger partial charge in [-0.05, 0) is 23.1 Å². The minimum atomic E-state index is -1.29. The maximum Gasteiger partial charge on any atom is 0.237 e. The van der Waals surface area contributed by atoms with E-state index in [2.05, 4.69) is 5.32 Å². The molecule has 1 aromatic heterocycles. The van der Waals surface area contributed by atoms with Crippen molar-refractivity contribution in [1.82, 2.24) is 0 Å². The topological polar surface area (TPSA) is 72.2 Å². The van der Waals surface area contributed by atoms with E-state index >= 15 is 0 Å². The average molecular weight is 294 g/mol. The Morgan fingerprint density at radius 1 is 1.26 bits per heavy atom. The van der Waals surface area contributed by atoms with Gasteiger partial charge in [-0.1, -0.05) is 24.3 Å². The second-order valence-electron chi connectivity index (χ2n) is 3.83. The number of hydrogen-bond donors (Lipinski definition) is 2. The van der Waals surface area contributed by atoms with Gasteiger partial charge in [0.15, 0.2) is 0 Å². The molecule has 6 heteroatoms. The van der Waals surface area contributed by atoms with E-state index in [9.17, 15) is 9.00 Å². The van der Waals surface area contributed by atoms with Gasteiger partial charge in [0.1, 0.15) is 5.75 Å². The van der Waals surface area contributed by atoms with Crippen LogP contribution in [-0.4, -0.2) is 15.9 Å². The lowest BCUT2D eigenvalue weighted by Gasteiger charge is -2.09. The largest absolute Gasteiger partial charge is 0.326 e. The van der Waals surface area contributed by atoms with E-state index in [0.717, 1.165) is 5.56 Å². The van der Waals surface area contributed by atoms with E-state index in [1.165, 1.54) is 11.3 Å². The van der Waals surface area contributed by atoms with Gasteiger partial charge in [-0.3, -0.25) is 9.00 Å². The summed E-state index contributed by atoms with van der Waals surface area (Å²) in [5, 5.41) is 4.59. The van der Waals surface area contributed by atoms with E-state index in [1.807, 2.05) is 29.6 Å². The number of amides is 1. The summed E-state index contributed by atoms with van der Waals surface area (Å²) < 4.78 is 12.6. The van der Waals surface area contributed by atoms with Crippen LogP contribution < -0.4 is 11.1 Å². The number of carbonyl (C=O) groups is 1. The number of hydrogen-bond acceptors (Lipinski definition) is 4. The van der Waals surface area contributed by atoms with Crippen LogP contribution in [0.1, 0.15) is 5.56 Å². The average Bonchev–Trinajstić information content (AvgIpc) is 2.93. The van der Waals surface area contributed by atoms with Crippen LogP contribution in [0.2, 0.25) is 0 Å². The molecule has 0 aliphatic carbocycles. The minimum Gasteiger partial charge on any atom is -0.326 e. The number of para-hydroxylation sites is 1. The van der Waals surface area contributed by atoms with Crippen molar-refractivity contribution in [2.45, 2.75) is 10.8 Å². The van der Waals surface area contributed by atoms with Gasteiger partial charge < -0.3 is 11.1 Å². The first-order valence-corrected chi connectivity index (χ1v) is 7.90. The van der Waals surface area contributed by atoms with Crippen molar-refractivity contribution in [3.8, 4) is 0 Å². The Bertz CT molecular complexity index is 582. The fourth-order valence-electron chi connectivity index (χ4n) is 1.59. The van der Waals surface area contributed by atoms with Gasteiger partial charge in [0.05, 0.1) is 15.0 Å². The Morgan fingerprint density at radius 3 is 2.74 bits per heavy atom. The first-order valence-electron chi connectivity index (χ1n) is 5.70. The van der Waals surface area contributed by atoms with Crippen molar-refractivity contribution in [2.24, 2.45) is 5.73 Å². The molecular formula is C13H14N2O2S2. The van der Waals surface area contributed by atoms with E-state index in [4.69, 9.17) is 5.73 Å². The van der Waals surface area contributed by atoms with Crippen molar-refractivity contribution in [1.29, 1.82) is 0 Å². The van der Waals surface area contributed by atoms with Gasteiger partial charge in [0.2, 0.25) is 5.91 Å². The highest BCUT2D eigenvalue weighted by Crippen LogP contribution is 2.16. The Hall–Kier alpha value is -1.50. The molecule has 2 rings (SSSR count). The molecule has 0 fully saturated rings. The lowest BCUT2D eigenvalue weighted by Crippen LogP contribution is -2.20. The number of carbonyl (C=O) groups excluding carboxylic acids is 1. The smallest absolute Gasteiger partial charge is 0.237 e. The summed E-state index contributed by atoms with van der Waals surface area (Å²) in [6, 6.07) is 10.9. The lowest BCUT2D eigenvalue weighted by molar-refractivity contribution is -0.113. The first-order chi connectivity index (χ1) is 9.20. The molecule has 1 amide bonds. The van der Waals surface area contributed by atoms with E-state index < -0.39 is 10.8 Å². The van der Waals surface area contributed by atoms with Crippen LogP contribution >= 0.6 is 11.3 Å². The molecule has 0 spiro atoms. The summed E-state index contributed by atoms with van der Waals surface area (Å²) in [5.41, 5.74) is 7.13. The molecule has 100 valence electrons. The van der Waals surface area contributed by atoms with Crippen LogP contribution in [0, 0.1) is 0 Å². The van der Waals surface area contributed by atoms with Gasteiger partial charge in [0.25, 0.3) is 0 Å². The summed E-state index contributed by atoms with van der Waals surface area (Å²) in [6.07, 6.45) is 0. The number of benzene rings is 1. The molecule has 3 N–H and O–H groups in total. The zero-order chi connectivity index (χ0) is 13.7. The van der Waals surface area contributed by atoms with Crippen LogP contribution in [0.25, 0.3) is 0 Å². The molecule has 0 radical (unpaired) electrons. The van der Waals surface area contributed by atoms with Gasteiger partial charge >= 0.3 is 0 Å². The maximum atomic E-state index is 11.9. The van der Waals surface area contributed by atoms with Crippen LogP contribution in [-0.2, 0) is 22.1 Å². The highest BCUT2D eigenvalue weighted by atomic mass is 32.2. The van der Waals surface area contributed by atoms with Crippen molar-refractivity contribution in [3.63, 3.8) is 0 Å². The molecule has 1 atom stereocenters. The number of anilines is 1. The van der Waals surface area contributed by atoms with Crippen molar-refractivity contribution < 1.29 is 9.00 Å². The Morgan fingerprint density at radius 2 is 2.05 bits per heavy atom.